The van der Waals surface area contributed by atoms with E-state index in [4.69, 9.17) is 9.16 Å². The molecule has 0 radical (unpaired) electrons. The summed E-state index contributed by atoms with van der Waals surface area (Å²) in [6, 6.07) is 0. The highest BCUT2D eigenvalue weighted by Gasteiger charge is 2.45. The number of rotatable bonds is 17. The highest BCUT2D eigenvalue weighted by atomic mass is 28.4. The van der Waals surface area contributed by atoms with Crippen LogP contribution in [0.2, 0.25) is 18.1 Å². The Morgan fingerprint density at radius 1 is 0.812 bits per heavy atom. The van der Waals surface area contributed by atoms with Crippen LogP contribution in [0, 0.1) is 5.92 Å². The Labute approximate surface area is 201 Å². The van der Waals surface area contributed by atoms with Gasteiger partial charge in [-0.15, -0.1) is 0 Å². The zero-order valence-electron chi connectivity index (χ0n) is 22.8. The minimum absolute atomic E-state index is 0.0115. The van der Waals surface area contributed by atoms with Crippen LogP contribution < -0.4 is 0 Å². The van der Waals surface area contributed by atoms with Crippen molar-refractivity contribution in [3.05, 3.63) is 0 Å². The predicted octanol–water partition coefficient (Wildman–Crippen LogP) is 9.20. The van der Waals surface area contributed by atoms with Gasteiger partial charge in [0.2, 0.25) is 0 Å². The molecular formula is C28H56O3Si. The number of hydrogen-bond donors (Lipinski definition) is 0. The molecule has 1 aliphatic rings. The SMILES string of the molecule is CCCCCCCCCCC[C@H]1C[C@H](O[Si](C)(C)C(C)(C)C)[C@H](CCCCCC)C(=O)O1. The molecule has 1 saturated heterocycles. The van der Waals surface area contributed by atoms with E-state index in [1.165, 1.54) is 77.0 Å². The second-order valence-corrected chi connectivity index (χ2v) is 16.5. The van der Waals surface area contributed by atoms with Gasteiger partial charge in [0, 0.05) is 6.42 Å². The van der Waals surface area contributed by atoms with E-state index in [0.29, 0.717) is 0 Å². The fraction of sp³-hybridized carbons (Fsp3) is 0.964. The van der Waals surface area contributed by atoms with E-state index >= 15 is 0 Å². The Kier molecular flexibility index (Phi) is 14.4. The fourth-order valence-electron chi connectivity index (χ4n) is 4.51. The van der Waals surface area contributed by atoms with Crippen LogP contribution in [-0.4, -0.2) is 26.5 Å². The summed E-state index contributed by atoms with van der Waals surface area (Å²) in [5, 5.41) is 0.160. The normalized spacial score (nSPS) is 22.2. The average Bonchev–Trinajstić information content (AvgIpc) is 2.70. The molecule has 4 heteroatoms. The van der Waals surface area contributed by atoms with Crippen LogP contribution in [0.3, 0.4) is 0 Å². The Bertz CT molecular complexity index is 497. The quantitative estimate of drug-likeness (QED) is 0.121. The van der Waals surface area contributed by atoms with Crippen LogP contribution in [0.1, 0.15) is 137 Å². The van der Waals surface area contributed by atoms with Gasteiger partial charge < -0.3 is 9.16 Å². The number of esters is 1. The van der Waals surface area contributed by atoms with Gasteiger partial charge in [-0.2, -0.15) is 0 Å². The second kappa shape index (κ2) is 15.5. The van der Waals surface area contributed by atoms with Gasteiger partial charge in [0.15, 0.2) is 8.32 Å². The Hall–Kier alpha value is -0.353. The van der Waals surface area contributed by atoms with Crippen molar-refractivity contribution in [1.29, 1.82) is 0 Å². The summed E-state index contributed by atoms with van der Waals surface area (Å²) in [6.07, 6.45) is 19.6. The Morgan fingerprint density at radius 2 is 1.28 bits per heavy atom. The third-order valence-electron chi connectivity index (χ3n) is 7.78. The second-order valence-electron chi connectivity index (χ2n) is 11.8. The topological polar surface area (TPSA) is 35.5 Å². The van der Waals surface area contributed by atoms with Crippen molar-refractivity contribution in [2.75, 3.05) is 0 Å². The van der Waals surface area contributed by atoms with Gasteiger partial charge >= 0.3 is 5.97 Å². The molecule has 0 unspecified atom stereocenters. The average molecular weight is 469 g/mol. The number of carbonyl (C=O) groups excluding carboxylic acids is 1. The molecule has 0 bridgehead atoms. The molecule has 1 heterocycles. The van der Waals surface area contributed by atoms with E-state index in [9.17, 15) is 4.79 Å². The highest BCUT2D eigenvalue weighted by Crippen LogP contribution is 2.41. The van der Waals surface area contributed by atoms with Gasteiger partial charge in [-0.25, -0.2) is 0 Å². The zero-order chi connectivity index (χ0) is 24.0. The fourth-order valence-corrected chi connectivity index (χ4v) is 5.89. The predicted molar refractivity (Wildman–Crippen MR) is 141 cm³/mol. The molecule has 0 amide bonds. The maximum atomic E-state index is 13.0. The molecule has 32 heavy (non-hydrogen) atoms. The first-order chi connectivity index (χ1) is 15.1. The Balaban J connectivity index is 2.54. The van der Waals surface area contributed by atoms with Crippen LogP contribution in [0.25, 0.3) is 0 Å². The molecular weight excluding hydrogens is 412 g/mol. The first-order valence-electron chi connectivity index (χ1n) is 14.0. The first kappa shape index (κ1) is 29.7. The molecule has 0 aromatic heterocycles. The maximum absolute atomic E-state index is 13.0. The van der Waals surface area contributed by atoms with Crippen LogP contribution in [0.5, 0.6) is 0 Å². The van der Waals surface area contributed by atoms with Crippen molar-refractivity contribution in [1.82, 2.24) is 0 Å². The van der Waals surface area contributed by atoms with E-state index in [1.54, 1.807) is 0 Å². The standard InChI is InChI=1S/C28H56O3Si/c1-8-10-12-14-15-16-17-18-19-21-24-23-26(31-32(6,7)28(3,4)5)25(27(29)30-24)22-20-13-11-9-2/h24-26H,8-23H2,1-7H3/t24-,25-,26-/m0/s1. The number of cyclic esters (lactones) is 1. The summed E-state index contributed by atoms with van der Waals surface area (Å²) in [7, 11) is -1.92. The smallest absolute Gasteiger partial charge is 0.311 e. The van der Waals surface area contributed by atoms with Crippen LogP contribution in [0.4, 0.5) is 0 Å². The summed E-state index contributed by atoms with van der Waals surface area (Å²) >= 11 is 0. The van der Waals surface area contributed by atoms with Gasteiger partial charge in [0.1, 0.15) is 6.10 Å². The van der Waals surface area contributed by atoms with Crippen LogP contribution in [0.15, 0.2) is 0 Å². The number of unbranched alkanes of at least 4 members (excludes halogenated alkanes) is 11. The zero-order valence-corrected chi connectivity index (χ0v) is 23.8. The molecule has 0 saturated carbocycles. The van der Waals surface area contributed by atoms with Crippen LogP contribution in [-0.2, 0) is 14.0 Å². The van der Waals surface area contributed by atoms with Crippen molar-refractivity contribution >= 4 is 14.3 Å². The molecule has 0 aromatic rings. The van der Waals surface area contributed by atoms with Crippen LogP contribution >= 0.6 is 0 Å². The van der Waals surface area contributed by atoms with E-state index < -0.39 is 8.32 Å². The van der Waals surface area contributed by atoms with Crippen molar-refractivity contribution < 1.29 is 14.0 Å². The Morgan fingerprint density at radius 3 is 1.81 bits per heavy atom. The number of hydrogen-bond acceptors (Lipinski definition) is 3. The summed E-state index contributed by atoms with van der Waals surface area (Å²) in [5.41, 5.74) is 0. The lowest BCUT2D eigenvalue weighted by Gasteiger charge is -2.44. The van der Waals surface area contributed by atoms with Gasteiger partial charge in [-0.3, -0.25) is 4.79 Å². The van der Waals surface area contributed by atoms with Crippen molar-refractivity contribution in [2.24, 2.45) is 5.92 Å². The number of carbonyl (C=O) groups is 1. The summed E-state index contributed by atoms with van der Waals surface area (Å²) < 4.78 is 12.8. The molecule has 0 spiro atoms. The first-order valence-corrected chi connectivity index (χ1v) is 16.9. The van der Waals surface area contributed by atoms with Gasteiger partial charge in [0.05, 0.1) is 12.0 Å². The third-order valence-corrected chi connectivity index (χ3v) is 12.3. The van der Waals surface area contributed by atoms with E-state index in [-0.39, 0.29) is 29.1 Å². The molecule has 0 aromatic carbocycles. The van der Waals surface area contributed by atoms with E-state index in [2.05, 4.69) is 47.7 Å². The summed E-state index contributed by atoms with van der Waals surface area (Å²) in [5.74, 6) is -0.0577. The molecule has 3 atom stereocenters. The van der Waals surface area contributed by atoms with E-state index in [1.807, 2.05) is 0 Å². The van der Waals surface area contributed by atoms with Crippen molar-refractivity contribution in [3.63, 3.8) is 0 Å². The third kappa shape index (κ3) is 11.2. The minimum Gasteiger partial charge on any atom is -0.462 e. The van der Waals surface area contributed by atoms with Crippen molar-refractivity contribution in [2.45, 2.75) is 168 Å². The molecule has 1 rings (SSSR count). The lowest BCUT2D eigenvalue weighted by molar-refractivity contribution is -0.170. The van der Waals surface area contributed by atoms with Gasteiger partial charge in [-0.1, -0.05) is 112 Å². The summed E-state index contributed by atoms with van der Waals surface area (Å²) in [6.45, 7) is 16.0. The maximum Gasteiger partial charge on any atom is 0.311 e. The molecule has 0 aliphatic carbocycles. The number of ether oxygens (including phenoxy) is 1. The van der Waals surface area contributed by atoms with E-state index in [0.717, 1.165) is 25.7 Å². The lowest BCUT2D eigenvalue weighted by Crippen LogP contribution is -2.51. The van der Waals surface area contributed by atoms with Gasteiger partial charge in [0.25, 0.3) is 0 Å². The minimum atomic E-state index is -1.92. The monoisotopic (exact) mass is 468 g/mol. The molecule has 190 valence electrons. The molecule has 1 fully saturated rings. The highest BCUT2D eigenvalue weighted by molar-refractivity contribution is 6.74. The van der Waals surface area contributed by atoms with Crippen molar-refractivity contribution in [3.8, 4) is 0 Å². The molecule has 1 aliphatic heterocycles. The van der Waals surface area contributed by atoms with Gasteiger partial charge in [-0.05, 0) is 37.4 Å². The summed E-state index contributed by atoms with van der Waals surface area (Å²) in [4.78, 5) is 13.0. The molecule has 3 nitrogen and oxygen atoms in total. The lowest BCUT2D eigenvalue weighted by atomic mass is 9.88. The largest absolute Gasteiger partial charge is 0.462 e. The molecule has 0 N–H and O–H groups in total.